The van der Waals surface area contributed by atoms with Crippen molar-refractivity contribution in [3.05, 3.63) is 35.4 Å². The highest BCUT2D eigenvalue weighted by Gasteiger charge is 2.48. The second-order valence-electron chi connectivity index (χ2n) is 8.57. The molecule has 1 aromatic rings. The first-order chi connectivity index (χ1) is 15.5. The Morgan fingerprint density at radius 2 is 1.94 bits per heavy atom. The molecule has 1 N–H and O–H groups in total. The molecule has 2 saturated heterocycles. The fourth-order valence-electron chi connectivity index (χ4n) is 5.06. The normalized spacial score (nSPS) is 27.7. The minimum atomic E-state index is -0.600. The van der Waals surface area contributed by atoms with E-state index >= 15 is 0 Å². The lowest BCUT2D eigenvalue weighted by Gasteiger charge is -2.33. The highest BCUT2D eigenvalue weighted by molar-refractivity contribution is 7.99. The minimum absolute atomic E-state index is 0.0705. The van der Waals surface area contributed by atoms with Crippen molar-refractivity contribution >= 4 is 40.5 Å². The maximum absolute atomic E-state index is 13.6. The summed E-state index contributed by atoms with van der Waals surface area (Å²) in [5.41, 5.74) is 2.57. The fourth-order valence-corrected chi connectivity index (χ4v) is 6.59. The Hall–Kier alpha value is -1.32. The van der Waals surface area contributed by atoms with E-state index in [2.05, 4.69) is 17.4 Å². The van der Waals surface area contributed by atoms with E-state index in [1.54, 1.807) is 11.8 Å². The number of Topliss-reactive ketones (excluding diaryl/α,β-unsaturated/α-hetero) is 1. The number of hydrogen-bond acceptors (Lipinski definition) is 7. The van der Waals surface area contributed by atoms with Crippen LogP contribution in [0.5, 0.6) is 0 Å². The molecule has 32 heavy (non-hydrogen) atoms. The zero-order valence-corrected chi connectivity index (χ0v) is 20.4. The number of carbonyl (C=O) groups is 2. The summed E-state index contributed by atoms with van der Waals surface area (Å²) < 4.78 is 11.6. The van der Waals surface area contributed by atoms with E-state index in [4.69, 9.17) is 21.7 Å². The van der Waals surface area contributed by atoms with Gasteiger partial charge in [0.2, 0.25) is 5.91 Å². The van der Waals surface area contributed by atoms with Crippen molar-refractivity contribution in [2.24, 2.45) is 11.8 Å². The number of nitrogens with one attached hydrogen (secondary N) is 1. The van der Waals surface area contributed by atoms with Gasteiger partial charge in [0, 0.05) is 36.3 Å². The van der Waals surface area contributed by atoms with Crippen molar-refractivity contribution in [1.82, 2.24) is 10.2 Å². The lowest BCUT2D eigenvalue weighted by atomic mass is 9.76. The van der Waals surface area contributed by atoms with Gasteiger partial charge in [-0.1, -0.05) is 36.5 Å². The zero-order valence-electron chi connectivity index (χ0n) is 18.7. The summed E-state index contributed by atoms with van der Waals surface area (Å²) in [6.45, 7) is 5.31. The van der Waals surface area contributed by atoms with E-state index in [0.717, 1.165) is 25.0 Å². The third-order valence-corrected chi connectivity index (χ3v) is 8.11. The third kappa shape index (κ3) is 4.80. The summed E-state index contributed by atoms with van der Waals surface area (Å²) in [6.07, 6.45) is 1.98. The lowest BCUT2D eigenvalue weighted by molar-refractivity contribution is -0.174. The van der Waals surface area contributed by atoms with Crippen molar-refractivity contribution in [2.75, 3.05) is 31.4 Å². The summed E-state index contributed by atoms with van der Waals surface area (Å²) in [5.74, 6) is 0.735. The molecule has 2 aliphatic heterocycles. The van der Waals surface area contributed by atoms with E-state index in [1.165, 1.54) is 11.1 Å². The van der Waals surface area contributed by atoms with E-state index in [0.29, 0.717) is 30.5 Å². The number of benzene rings is 1. The number of fused-ring (bicyclic) bond motifs is 1. The van der Waals surface area contributed by atoms with Crippen molar-refractivity contribution < 1.29 is 19.1 Å². The number of aryl methyl sites for hydroxylation is 1. The molecule has 174 valence electrons. The van der Waals surface area contributed by atoms with Gasteiger partial charge < -0.3 is 19.7 Å². The summed E-state index contributed by atoms with van der Waals surface area (Å²) in [5, 5.41) is 3.25. The van der Waals surface area contributed by atoms with Gasteiger partial charge in [-0.2, -0.15) is 0 Å². The van der Waals surface area contributed by atoms with E-state index in [-0.39, 0.29) is 23.7 Å². The van der Waals surface area contributed by atoms with Crippen LogP contribution in [0.15, 0.2) is 24.3 Å². The van der Waals surface area contributed by atoms with Crippen LogP contribution in [0.2, 0.25) is 0 Å². The third-order valence-electron chi connectivity index (χ3n) is 6.68. The molecule has 0 aromatic heterocycles. The number of amides is 1. The van der Waals surface area contributed by atoms with Crippen LogP contribution in [-0.2, 0) is 31.9 Å². The Bertz CT molecular complexity index is 858. The van der Waals surface area contributed by atoms with Gasteiger partial charge in [0.1, 0.15) is 11.8 Å². The second kappa shape index (κ2) is 10.7. The standard InChI is InChI=1S/C24H32N2O4S2/c1-3-29-24(30-4-2)18-13-32-14-26(18)23(28)21-20(19(31)12-25-21)22(27)17-10-9-15-7-5-6-8-16(15)11-17/h5-8,17-18,20-21,24-25H,3-4,9-14H2,1-2H3/t17-,18+,20?,21+/m1/s1. The average Bonchev–Trinajstić information content (AvgIpc) is 3.44. The molecule has 1 aromatic carbocycles. The highest BCUT2D eigenvalue weighted by Crippen LogP contribution is 2.32. The molecule has 0 bridgehead atoms. The number of ketones is 1. The monoisotopic (exact) mass is 476 g/mol. The van der Waals surface area contributed by atoms with Gasteiger partial charge >= 0.3 is 0 Å². The van der Waals surface area contributed by atoms with Gasteiger partial charge in [0.25, 0.3) is 0 Å². The lowest BCUT2D eigenvalue weighted by Crippen LogP contribution is -2.54. The Balaban J connectivity index is 1.50. The largest absolute Gasteiger partial charge is 0.351 e. The first kappa shape index (κ1) is 23.8. The van der Waals surface area contributed by atoms with Crippen LogP contribution in [-0.4, -0.2) is 71.2 Å². The average molecular weight is 477 g/mol. The van der Waals surface area contributed by atoms with Crippen LogP contribution in [0, 0.1) is 11.8 Å². The van der Waals surface area contributed by atoms with Crippen molar-refractivity contribution in [2.45, 2.75) is 51.5 Å². The number of thiocarbonyl (C=S) groups is 1. The number of hydrogen-bond donors (Lipinski definition) is 1. The van der Waals surface area contributed by atoms with Crippen molar-refractivity contribution in [1.29, 1.82) is 0 Å². The molecule has 1 aliphatic carbocycles. The fraction of sp³-hybridized carbons (Fsp3) is 0.625. The van der Waals surface area contributed by atoms with E-state index < -0.39 is 18.2 Å². The van der Waals surface area contributed by atoms with Gasteiger partial charge in [-0.3, -0.25) is 9.59 Å². The van der Waals surface area contributed by atoms with Crippen LogP contribution in [0.25, 0.3) is 0 Å². The Labute approximate surface area is 199 Å². The smallest absolute Gasteiger partial charge is 0.241 e. The van der Waals surface area contributed by atoms with E-state index in [1.807, 2.05) is 30.9 Å². The zero-order chi connectivity index (χ0) is 22.7. The Kier molecular flexibility index (Phi) is 8.00. The molecular weight excluding hydrogens is 444 g/mol. The van der Waals surface area contributed by atoms with Crippen molar-refractivity contribution in [3.8, 4) is 0 Å². The van der Waals surface area contributed by atoms with E-state index in [9.17, 15) is 9.59 Å². The Morgan fingerprint density at radius 3 is 2.66 bits per heavy atom. The minimum Gasteiger partial charge on any atom is -0.351 e. The second-order valence-corrected chi connectivity index (χ2v) is 10.1. The molecule has 3 aliphatic rings. The molecule has 0 spiro atoms. The summed E-state index contributed by atoms with van der Waals surface area (Å²) in [6, 6.07) is 7.56. The predicted molar refractivity (Wildman–Crippen MR) is 130 cm³/mol. The maximum Gasteiger partial charge on any atom is 0.241 e. The maximum atomic E-state index is 13.6. The molecule has 1 amide bonds. The molecule has 4 rings (SSSR count). The topological polar surface area (TPSA) is 67.9 Å². The highest BCUT2D eigenvalue weighted by atomic mass is 32.2. The van der Waals surface area contributed by atoms with Gasteiger partial charge in [0.15, 0.2) is 6.29 Å². The van der Waals surface area contributed by atoms with Crippen LogP contribution in [0.1, 0.15) is 31.4 Å². The van der Waals surface area contributed by atoms with Gasteiger partial charge in [-0.05, 0) is 44.2 Å². The molecular formula is C24H32N2O4S2. The predicted octanol–water partition coefficient (Wildman–Crippen LogP) is 2.62. The number of ether oxygens (including phenoxy) is 2. The summed E-state index contributed by atoms with van der Waals surface area (Å²) >= 11 is 7.28. The quantitative estimate of drug-likeness (QED) is 0.457. The van der Waals surface area contributed by atoms with Crippen LogP contribution < -0.4 is 5.32 Å². The molecule has 2 fully saturated rings. The molecule has 1 unspecified atom stereocenters. The van der Waals surface area contributed by atoms with Gasteiger partial charge in [-0.15, -0.1) is 11.8 Å². The van der Waals surface area contributed by atoms with Gasteiger partial charge in [-0.25, -0.2) is 0 Å². The molecule has 2 heterocycles. The first-order valence-electron chi connectivity index (χ1n) is 11.5. The van der Waals surface area contributed by atoms with Crippen LogP contribution in [0.3, 0.4) is 0 Å². The van der Waals surface area contributed by atoms with Crippen LogP contribution in [0.4, 0.5) is 0 Å². The molecule has 8 heteroatoms. The van der Waals surface area contributed by atoms with Crippen molar-refractivity contribution in [3.63, 3.8) is 0 Å². The number of carbonyl (C=O) groups excluding carboxylic acids is 2. The number of rotatable bonds is 8. The van der Waals surface area contributed by atoms with Crippen LogP contribution >= 0.6 is 24.0 Å². The summed E-state index contributed by atoms with van der Waals surface area (Å²) in [7, 11) is 0. The molecule has 6 nitrogen and oxygen atoms in total. The Morgan fingerprint density at radius 1 is 1.22 bits per heavy atom. The molecule has 0 saturated carbocycles. The van der Waals surface area contributed by atoms with Gasteiger partial charge in [0.05, 0.1) is 17.8 Å². The number of nitrogens with zero attached hydrogens (tertiary/aromatic N) is 1. The molecule has 4 atom stereocenters. The first-order valence-corrected chi connectivity index (χ1v) is 13.1. The SMILES string of the molecule is CCOC(OCC)[C@@H]1CSCN1C(=O)[C@H]1NCC(=S)C1C(=O)[C@@H]1CCc2ccccc2C1. The number of thioether (sulfide) groups is 1. The molecule has 0 radical (unpaired) electrons. The summed E-state index contributed by atoms with van der Waals surface area (Å²) in [4.78, 5) is 29.7.